The van der Waals surface area contributed by atoms with Gasteiger partial charge in [-0.2, -0.15) is 0 Å². The van der Waals surface area contributed by atoms with E-state index in [1.54, 1.807) is 17.8 Å². The Morgan fingerprint density at radius 3 is 2.07 bits per heavy atom. The molecule has 1 fully saturated rings. The molecule has 2 aliphatic heterocycles. The largest absolute Gasteiger partial charge is 0.406 e. The molecular weight excluding hydrogens is 393 g/mol. The summed E-state index contributed by atoms with van der Waals surface area (Å²) in [6, 6.07) is 25.6. The number of fused-ring (bicyclic) bond motifs is 1. The van der Waals surface area contributed by atoms with Crippen LogP contribution in [-0.4, -0.2) is 23.9 Å². The lowest BCUT2D eigenvalue weighted by molar-refractivity contribution is -0.0346. The van der Waals surface area contributed by atoms with Crippen LogP contribution in [0.4, 0.5) is 4.39 Å². The molecule has 0 bridgehead atoms. The van der Waals surface area contributed by atoms with Crippen molar-refractivity contribution in [3.8, 4) is 5.75 Å². The average molecular weight is 424 g/mol. The lowest BCUT2D eigenvalue weighted by atomic mass is 10.1. The summed E-state index contributed by atoms with van der Waals surface area (Å²) >= 11 is 1.64. The van der Waals surface area contributed by atoms with Crippen LogP contribution in [0.15, 0.2) is 83.8 Å². The zero-order chi connectivity index (χ0) is 21.0. The van der Waals surface area contributed by atoms with Crippen LogP contribution >= 0.6 is 11.8 Å². The number of aryl methyl sites for hydroxylation is 2. The molecule has 0 amide bonds. The van der Waals surface area contributed by atoms with Crippen LogP contribution in [0, 0.1) is 12.7 Å². The second-order valence-electron chi connectivity index (χ2n) is 7.38. The van der Waals surface area contributed by atoms with Gasteiger partial charge in [-0.1, -0.05) is 66.2 Å². The lowest BCUT2D eigenvalue weighted by Crippen LogP contribution is -2.23. The first-order valence-electron chi connectivity index (χ1n) is 10.6. The maximum absolute atomic E-state index is 13.1. The summed E-state index contributed by atoms with van der Waals surface area (Å²) in [5.74, 6) is 1.96. The number of benzene rings is 3. The molecule has 3 aromatic rings. The molecule has 2 heterocycles. The molecule has 30 heavy (non-hydrogen) atoms. The second-order valence-corrected chi connectivity index (χ2v) is 8.48. The molecule has 0 aliphatic carbocycles. The number of nitrogens with zero attached hydrogens (tertiary/aromatic N) is 1. The molecule has 1 saturated heterocycles. The molecule has 0 N–H and O–H groups in total. The highest BCUT2D eigenvalue weighted by Crippen LogP contribution is 2.31. The third-order valence-electron chi connectivity index (χ3n) is 4.87. The number of thioether (sulfide) groups is 1. The van der Waals surface area contributed by atoms with E-state index in [9.17, 15) is 4.39 Å². The van der Waals surface area contributed by atoms with Crippen molar-refractivity contribution in [1.29, 1.82) is 0 Å². The average Bonchev–Trinajstić information content (AvgIpc) is 3.29. The highest BCUT2D eigenvalue weighted by atomic mass is 32.2. The quantitative estimate of drug-likeness (QED) is 0.443. The summed E-state index contributed by atoms with van der Waals surface area (Å²) in [5.41, 5.74) is 2.50. The predicted molar refractivity (Wildman–Crippen MR) is 125 cm³/mol. The summed E-state index contributed by atoms with van der Waals surface area (Å²) in [6.45, 7) is 4.21. The minimum Gasteiger partial charge on any atom is -0.406 e. The van der Waals surface area contributed by atoms with Crippen LogP contribution in [0.25, 0.3) is 0 Å². The van der Waals surface area contributed by atoms with Crippen molar-refractivity contribution in [2.45, 2.75) is 37.5 Å². The smallest absolute Gasteiger partial charge is 0.147 e. The van der Waals surface area contributed by atoms with Crippen LogP contribution in [-0.2, 0) is 6.42 Å². The van der Waals surface area contributed by atoms with Crippen molar-refractivity contribution in [1.82, 2.24) is 5.06 Å². The van der Waals surface area contributed by atoms with E-state index in [0.29, 0.717) is 0 Å². The topological polar surface area (TPSA) is 12.5 Å². The lowest BCUT2D eigenvalue weighted by Gasteiger charge is -2.15. The molecule has 0 aromatic heterocycles. The van der Waals surface area contributed by atoms with Gasteiger partial charge in [0.2, 0.25) is 0 Å². The summed E-state index contributed by atoms with van der Waals surface area (Å²) in [7, 11) is 0. The summed E-state index contributed by atoms with van der Waals surface area (Å²) in [6.07, 6.45) is 4.74. The first kappa shape index (κ1) is 22.4. The Morgan fingerprint density at radius 1 is 0.800 bits per heavy atom. The van der Waals surface area contributed by atoms with Gasteiger partial charge in [0.1, 0.15) is 11.6 Å². The zero-order valence-corrected chi connectivity index (χ0v) is 18.4. The van der Waals surface area contributed by atoms with E-state index in [-0.39, 0.29) is 5.82 Å². The number of hydroxylamine groups is 2. The molecule has 0 saturated carbocycles. The fourth-order valence-corrected chi connectivity index (χ4v) is 4.35. The number of para-hydroxylation sites is 1. The Labute approximate surface area is 184 Å². The van der Waals surface area contributed by atoms with Gasteiger partial charge in [-0.05, 0) is 62.1 Å². The highest BCUT2D eigenvalue weighted by Gasteiger charge is 2.13. The molecule has 2 aliphatic rings. The summed E-state index contributed by atoms with van der Waals surface area (Å²) in [4.78, 5) is 6.48. The Bertz CT molecular complexity index is 867. The maximum Gasteiger partial charge on any atom is 0.147 e. The molecule has 4 heteroatoms. The van der Waals surface area contributed by atoms with Crippen molar-refractivity contribution in [3.05, 3.63) is 95.8 Å². The van der Waals surface area contributed by atoms with Crippen LogP contribution in [0.1, 0.15) is 30.4 Å². The fourth-order valence-electron chi connectivity index (χ4n) is 3.29. The molecule has 0 atom stereocenters. The standard InChI is InChI=1S/C10H13NO.C9H9FS.C7H8/c1-2-6-10(7-3-1)12-11-8-4-5-9-11;10-8-5-1-3-7-4-2-6-11-9(7)8;1-7-5-3-2-4-6-7/h1-3,6-7H,4-5,8-9H2;1,3,5H,2,4,6H2;2-6H,1H3. The van der Waals surface area contributed by atoms with E-state index in [0.717, 1.165) is 35.9 Å². The van der Waals surface area contributed by atoms with Gasteiger partial charge in [0.15, 0.2) is 0 Å². The Balaban J connectivity index is 0.000000133. The number of rotatable bonds is 2. The van der Waals surface area contributed by atoms with Crippen molar-refractivity contribution in [2.24, 2.45) is 0 Å². The van der Waals surface area contributed by atoms with Crippen molar-refractivity contribution < 1.29 is 9.23 Å². The van der Waals surface area contributed by atoms with E-state index in [2.05, 4.69) is 19.1 Å². The molecule has 0 unspecified atom stereocenters. The van der Waals surface area contributed by atoms with Gasteiger partial charge in [0.25, 0.3) is 0 Å². The first-order chi connectivity index (χ1) is 14.7. The minimum absolute atomic E-state index is 0.0489. The second kappa shape index (κ2) is 12.4. The van der Waals surface area contributed by atoms with Crippen LogP contribution in [0.5, 0.6) is 5.75 Å². The van der Waals surface area contributed by atoms with Crippen LogP contribution in [0.3, 0.4) is 0 Å². The molecule has 2 nitrogen and oxygen atoms in total. The van der Waals surface area contributed by atoms with Gasteiger partial charge in [0, 0.05) is 18.0 Å². The molecule has 158 valence electrons. The third-order valence-corrected chi connectivity index (χ3v) is 6.11. The van der Waals surface area contributed by atoms with E-state index < -0.39 is 0 Å². The highest BCUT2D eigenvalue weighted by molar-refractivity contribution is 7.99. The molecule has 3 aromatic carbocycles. The normalized spacial score (nSPS) is 15.1. The molecular formula is C26H30FNOS. The van der Waals surface area contributed by atoms with E-state index in [1.165, 1.54) is 36.5 Å². The van der Waals surface area contributed by atoms with Gasteiger partial charge in [-0.15, -0.1) is 16.8 Å². The number of halogens is 1. The van der Waals surface area contributed by atoms with Crippen LogP contribution < -0.4 is 4.84 Å². The Hall–Kier alpha value is -2.30. The van der Waals surface area contributed by atoms with Crippen molar-refractivity contribution in [2.75, 3.05) is 18.8 Å². The van der Waals surface area contributed by atoms with E-state index in [1.807, 2.05) is 59.7 Å². The molecule has 5 rings (SSSR count). The third kappa shape index (κ3) is 7.51. The van der Waals surface area contributed by atoms with Gasteiger partial charge in [-0.25, -0.2) is 4.39 Å². The zero-order valence-electron chi connectivity index (χ0n) is 17.6. The first-order valence-corrected chi connectivity index (χ1v) is 11.6. The Morgan fingerprint density at radius 2 is 1.47 bits per heavy atom. The van der Waals surface area contributed by atoms with Gasteiger partial charge >= 0.3 is 0 Å². The Kier molecular flexibility index (Phi) is 9.26. The molecule has 0 spiro atoms. The number of hydrogen-bond acceptors (Lipinski definition) is 3. The maximum atomic E-state index is 13.1. The fraction of sp³-hybridized carbons (Fsp3) is 0.308. The van der Waals surface area contributed by atoms with Crippen molar-refractivity contribution >= 4 is 11.8 Å². The van der Waals surface area contributed by atoms with Gasteiger partial charge in [0.05, 0.1) is 0 Å². The predicted octanol–water partition coefficient (Wildman–Crippen LogP) is 6.94. The van der Waals surface area contributed by atoms with Crippen LogP contribution in [0.2, 0.25) is 0 Å². The molecule has 0 radical (unpaired) electrons. The van der Waals surface area contributed by atoms with Gasteiger partial charge in [-0.3, -0.25) is 0 Å². The monoisotopic (exact) mass is 423 g/mol. The minimum atomic E-state index is -0.0489. The van der Waals surface area contributed by atoms with E-state index >= 15 is 0 Å². The summed E-state index contributed by atoms with van der Waals surface area (Å²) in [5, 5.41) is 2.02. The SMILES string of the molecule is Cc1ccccc1.Fc1cccc2c1SCCC2.c1ccc(ON2CCCC2)cc1. The van der Waals surface area contributed by atoms with Gasteiger partial charge < -0.3 is 4.84 Å². The summed E-state index contributed by atoms with van der Waals surface area (Å²) < 4.78 is 13.1. The van der Waals surface area contributed by atoms with E-state index in [4.69, 9.17) is 4.84 Å². The number of hydrogen-bond donors (Lipinski definition) is 0. The van der Waals surface area contributed by atoms with Crippen molar-refractivity contribution in [3.63, 3.8) is 0 Å².